The van der Waals surface area contributed by atoms with E-state index in [-0.39, 0.29) is 35.5 Å². The molecule has 0 aromatic rings. The van der Waals surface area contributed by atoms with Crippen LogP contribution >= 0.6 is 24.0 Å². The van der Waals surface area contributed by atoms with Gasteiger partial charge in [0.2, 0.25) is 5.91 Å². The predicted molar refractivity (Wildman–Crippen MR) is 135 cm³/mol. The number of hydrogen-bond acceptors (Lipinski definition) is 4. The lowest BCUT2D eigenvalue weighted by Crippen LogP contribution is -2.50. The molecule has 0 unspecified atom stereocenters. The van der Waals surface area contributed by atoms with Crippen LogP contribution in [0.5, 0.6) is 0 Å². The van der Waals surface area contributed by atoms with Crippen molar-refractivity contribution >= 4 is 35.8 Å². The fourth-order valence-electron chi connectivity index (χ4n) is 4.89. The zero-order valence-corrected chi connectivity index (χ0v) is 21.9. The summed E-state index contributed by atoms with van der Waals surface area (Å²) in [5.74, 6) is 1.44. The summed E-state index contributed by atoms with van der Waals surface area (Å²) >= 11 is 0. The molecule has 1 saturated carbocycles. The standard InChI is InChI=1S/C23H42N4O3.HI/c1-3-16-30-23(10-6-5-7-11-23)19-25-22(24-4-2)27-12-8-20(9-13-27)21(28)26-14-17-29-18-15-26;/h20H,3-19H2,1-2H3,(H,24,25);1H. The number of aliphatic imine (C=N–C) groups is 1. The van der Waals surface area contributed by atoms with Crippen LogP contribution in [0.2, 0.25) is 0 Å². The minimum atomic E-state index is -0.0838. The third-order valence-electron chi connectivity index (χ3n) is 6.70. The molecule has 180 valence electrons. The lowest BCUT2D eigenvalue weighted by Gasteiger charge is -2.38. The number of carbonyl (C=O) groups is 1. The molecule has 0 aromatic heterocycles. The molecule has 7 nitrogen and oxygen atoms in total. The molecular weight excluding hydrogens is 507 g/mol. The van der Waals surface area contributed by atoms with E-state index in [1.165, 1.54) is 19.3 Å². The zero-order valence-electron chi connectivity index (χ0n) is 19.6. The summed E-state index contributed by atoms with van der Waals surface area (Å²) in [7, 11) is 0. The number of carbonyl (C=O) groups excluding carboxylic acids is 1. The van der Waals surface area contributed by atoms with Crippen molar-refractivity contribution in [3.8, 4) is 0 Å². The van der Waals surface area contributed by atoms with Crippen LogP contribution in [0.1, 0.15) is 65.2 Å². The highest BCUT2D eigenvalue weighted by Gasteiger charge is 2.34. The van der Waals surface area contributed by atoms with Gasteiger partial charge in [0.15, 0.2) is 5.96 Å². The van der Waals surface area contributed by atoms with Crippen LogP contribution in [0.3, 0.4) is 0 Å². The van der Waals surface area contributed by atoms with Crippen molar-refractivity contribution in [2.24, 2.45) is 10.9 Å². The monoisotopic (exact) mass is 550 g/mol. The van der Waals surface area contributed by atoms with Crippen LogP contribution in [0.15, 0.2) is 4.99 Å². The van der Waals surface area contributed by atoms with Crippen molar-refractivity contribution in [2.45, 2.75) is 70.8 Å². The van der Waals surface area contributed by atoms with Gasteiger partial charge < -0.3 is 24.6 Å². The van der Waals surface area contributed by atoms with E-state index in [4.69, 9.17) is 14.5 Å². The first-order valence-electron chi connectivity index (χ1n) is 12.2. The fourth-order valence-corrected chi connectivity index (χ4v) is 4.89. The van der Waals surface area contributed by atoms with Crippen molar-refractivity contribution in [2.75, 3.05) is 59.1 Å². The van der Waals surface area contributed by atoms with E-state index in [1.807, 2.05) is 4.90 Å². The molecule has 8 heteroatoms. The summed E-state index contributed by atoms with van der Waals surface area (Å²) in [4.78, 5) is 22.2. The van der Waals surface area contributed by atoms with E-state index in [0.717, 1.165) is 83.9 Å². The smallest absolute Gasteiger partial charge is 0.225 e. The van der Waals surface area contributed by atoms with Gasteiger partial charge in [-0.3, -0.25) is 9.79 Å². The van der Waals surface area contributed by atoms with Gasteiger partial charge in [-0.15, -0.1) is 24.0 Å². The Morgan fingerprint density at radius 1 is 1.06 bits per heavy atom. The maximum atomic E-state index is 12.8. The Bertz CT molecular complexity index is 555. The first kappa shape index (κ1) is 26.6. The lowest BCUT2D eigenvalue weighted by atomic mass is 9.84. The summed E-state index contributed by atoms with van der Waals surface area (Å²) in [6.07, 6.45) is 8.88. The Kier molecular flexibility index (Phi) is 11.9. The van der Waals surface area contributed by atoms with Crippen LogP contribution in [-0.2, 0) is 14.3 Å². The number of likely N-dealkylation sites (tertiary alicyclic amines) is 1. The number of piperidine rings is 1. The number of amides is 1. The van der Waals surface area contributed by atoms with Crippen molar-refractivity contribution < 1.29 is 14.3 Å². The molecule has 0 bridgehead atoms. The number of rotatable bonds is 7. The van der Waals surface area contributed by atoms with Crippen molar-refractivity contribution in [1.29, 1.82) is 0 Å². The Labute approximate surface area is 205 Å². The van der Waals surface area contributed by atoms with Crippen molar-refractivity contribution in [1.82, 2.24) is 15.1 Å². The summed E-state index contributed by atoms with van der Waals surface area (Å²) in [5.41, 5.74) is -0.0838. The van der Waals surface area contributed by atoms with Gasteiger partial charge in [0.05, 0.1) is 25.4 Å². The minimum absolute atomic E-state index is 0. The van der Waals surface area contributed by atoms with Crippen molar-refractivity contribution in [3.05, 3.63) is 0 Å². The third-order valence-corrected chi connectivity index (χ3v) is 6.70. The molecular formula is C23H43IN4O3. The summed E-state index contributed by atoms with van der Waals surface area (Å²) in [6, 6.07) is 0. The SMILES string of the molecule is CCCOC1(CN=C(NCC)N2CCC(C(=O)N3CCOCC3)CC2)CCCCC1.I. The maximum absolute atomic E-state index is 12.8. The minimum Gasteiger partial charge on any atom is -0.378 e. The number of nitrogens with zero attached hydrogens (tertiary/aromatic N) is 3. The molecule has 0 aromatic carbocycles. The second-order valence-corrected chi connectivity index (χ2v) is 8.96. The fraction of sp³-hybridized carbons (Fsp3) is 0.913. The molecule has 2 saturated heterocycles. The molecule has 3 rings (SSSR count). The molecule has 0 atom stereocenters. The van der Waals surface area contributed by atoms with Gasteiger partial charge in [0.1, 0.15) is 0 Å². The highest BCUT2D eigenvalue weighted by atomic mass is 127. The molecule has 0 radical (unpaired) electrons. The molecule has 1 aliphatic carbocycles. The van der Waals surface area contributed by atoms with Crippen molar-refractivity contribution in [3.63, 3.8) is 0 Å². The van der Waals surface area contributed by atoms with Crippen LogP contribution in [0, 0.1) is 5.92 Å². The summed E-state index contributed by atoms with van der Waals surface area (Å²) in [5, 5.41) is 3.48. The molecule has 3 fully saturated rings. The Balaban J connectivity index is 0.00000341. The van der Waals surface area contributed by atoms with Gasteiger partial charge in [-0.1, -0.05) is 26.2 Å². The Morgan fingerprint density at radius 2 is 1.74 bits per heavy atom. The molecule has 0 spiro atoms. The van der Waals surface area contributed by atoms with Crippen LogP contribution in [0.25, 0.3) is 0 Å². The zero-order chi connectivity index (χ0) is 21.2. The molecule has 2 heterocycles. The predicted octanol–water partition coefficient (Wildman–Crippen LogP) is 3.27. The van der Waals surface area contributed by atoms with Gasteiger partial charge >= 0.3 is 0 Å². The topological polar surface area (TPSA) is 66.4 Å². The third kappa shape index (κ3) is 7.74. The van der Waals surface area contributed by atoms with Gasteiger partial charge in [-0.2, -0.15) is 0 Å². The quantitative estimate of drug-likeness (QED) is 0.300. The second kappa shape index (κ2) is 13.8. The number of halogens is 1. The van der Waals surface area contributed by atoms with Crippen LogP contribution < -0.4 is 5.32 Å². The van der Waals surface area contributed by atoms with Gasteiger partial charge in [-0.25, -0.2) is 0 Å². The number of nitrogens with one attached hydrogen (secondary N) is 1. The van der Waals surface area contributed by atoms with Crippen LogP contribution in [-0.4, -0.2) is 86.4 Å². The second-order valence-electron chi connectivity index (χ2n) is 8.96. The summed E-state index contributed by atoms with van der Waals surface area (Å²) < 4.78 is 11.7. The molecule has 3 aliphatic rings. The highest BCUT2D eigenvalue weighted by Crippen LogP contribution is 2.32. The Hall–Kier alpha value is -0.610. The van der Waals surface area contributed by atoms with E-state index < -0.39 is 0 Å². The summed E-state index contributed by atoms with van der Waals surface area (Å²) in [6.45, 7) is 11.3. The van der Waals surface area contributed by atoms with E-state index in [0.29, 0.717) is 19.1 Å². The average Bonchev–Trinajstić information content (AvgIpc) is 2.81. The van der Waals surface area contributed by atoms with Gasteiger partial charge in [-0.05, 0) is 39.0 Å². The molecule has 2 aliphatic heterocycles. The largest absolute Gasteiger partial charge is 0.378 e. The highest BCUT2D eigenvalue weighted by molar-refractivity contribution is 14.0. The molecule has 1 N–H and O–H groups in total. The first-order chi connectivity index (χ1) is 14.7. The molecule has 1 amide bonds. The average molecular weight is 551 g/mol. The van der Waals surface area contributed by atoms with Gasteiger partial charge in [0, 0.05) is 45.2 Å². The number of ether oxygens (including phenoxy) is 2. The van der Waals surface area contributed by atoms with E-state index >= 15 is 0 Å². The first-order valence-corrected chi connectivity index (χ1v) is 12.2. The lowest BCUT2D eigenvalue weighted by molar-refractivity contribution is -0.140. The van der Waals surface area contributed by atoms with E-state index in [2.05, 4.69) is 24.1 Å². The van der Waals surface area contributed by atoms with E-state index in [1.54, 1.807) is 0 Å². The Morgan fingerprint density at radius 3 is 2.35 bits per heavy atom. The molecule has 31 heavy (non-hydrogen) atoms. The maximum Gasteiger partial charge on any atom is 0.225 e. The van der Waals surface area contributed by atoms with E-state index in [9.17, 15) is 4.79 Å². The number of hydrogen-bond donors (Lipinski definition) is 1. The number of guanidine groups is 1. The van der Waals surface area contributed by atoms with Gasteiger partial charge in [0.25, 0.3) is 0 Å². The number of morpholine rings is 1. The van der Waals surface area contributed by atoms with Crippen LogP contribution in [0.4, 0.5) is 0 Å². The normalized spacial score (nSPS) is 22.7.